The molecule has 2 atom stereocenters. The van der Waals surface area contributed by atoms with E-state index in [9.17, 15) is 14.9 Å². The van der Waals surface area contributed by atoms with Crippen LogP contribution in [-0.2, 0) is 16.1 Å². The summed E-state index contributed by atoms with van der Waals surface area (Å²) in [6.07, 6.45) is 6.18. The Morgan fingerprint density at radius 1 is 1.00 bits per heavy atom. The van der Waals surface area contributed by atoms with Gasteiger partial charge in [-0.3, -0.25) is 19.8 Å². The van der Waals surface area contributed by atoms with Crippen molar-refractivity contribution in [2.75, 3.05) is 33.3 Å². The third-order valence-electron chi connectivity index (χ3n) is 9.14. The van der Waals surface area contributed by atoms with Gasteiger partial charge >= 0.3 is 0 Å². The first-order chi connectivity index (χ1) is 20.8. The second-order valence-electron chi connectivity index (χ2n) is 12.0. The molecule has 1 aliphatic heterocycles. The highest BCUT2D eigenvalue weighted by molar-refractivity contribution is 5.79. The first-order valence-electron chi connectivity index (χ1n) is 15.2. The van der Waals surface area contributed by atoms with Gasteiger partial charge in [-0.1, -0.05) is 30.2 Å². The molecule has 2 aliphatic rings. The van der Waals surface area contributed by atoms with E-state index in [0.717, 1.165) is 66.9 Å². The Morgan fingerprint density at radius 3 is 2.47 bits per heavy atom. The number of nitro benzene ring substituents is 1. The van der Waals surface area contributed by atoms with Crippen molar-refractivity contribution in [3.63, 3.8) is 0 Å². The number of fused-ring (bicyclic) bond motifs is 1. The molecule has 224 valence electrons. The van der Waals surface area contributed by atoms with Crippen LogP contribution >= 0.6 is 0 Å². The molecule has 9 nitrogen and oxygen atoms in total. The Bertz CT molecular complexity index is 1640. The summed E-state index contributed by atoms with van der Waals surface area (Å²) < 4.78 is 7.73. The highest BCUT2D eigenvalue weighted by atomic mass is 16.6. The molecule has 1 saturated carbocycles. The van der Waals surface area contributed by atoms with Gasteiger partial charge in [0.05, 0.1) is 22.4 Å². The molecule has 43 heavy (non-hydrogen) atoms. The standard InChI is InChI=1S/C34H39N5O4/c1-23-7-8-24(2)30(19-23)27-11-14-32-35-33(25-9-12-28(13-10-25)39(41)42)31(38(32)21-27)22-36-15-17-37(18-16-36)34(40)26-5-4-6-29(20-26)43-3/h7-14,19,21,26,29H,4-6,15-18,20,22H2,1-3H3. The van der Waals surface area contributed by atoms with Crippen molar-refractivity contribution in [3.05, 3.63) is 87.7 Å². The number of aryl methyl sites for hydroxylation is 2. The molecule has 2 aromatic heterocycles. The van der Waals surface area contributed by atoms with Crippen LogP contribution in [0.4, 0.5) is 5.69 Å². The Balaban J connectivity index is 1.29. The normalized spacial score (nSPS) is 19.6. The fourth-order valence-corrected chi connectivity index (χ4v) is 6.60. The fourth-order valence-electron chi connectivity index (χ4n) is 6.60. The molecule has 1 aliphatic carbocycles. The summed E-state index contributed by atoms with van der Waals surface area (Å²) in [5.74, 6) is 0.321. The number of imidazole rings is 1. The van der Waals surface area contributed by atoms with Crippen molar-refractivity contribution in [2.24, 2.45) is 5.92 Å². The molecule has 1 amide bonds. The van der Waals surface area contributed by atoms with E-state index in [0.29, 0.717) is 19.6 Å². The number of piperazine rings is 1. The molecule has 9 heteroatoms. The van der Waals surface area contributed by atoms with Crippen LogP contribution < -0.4 is 0 Å². The topological polar surface area (TPSA) is 93.2 Å². The van der Waals surface area contributed by atoms with Crippen molar-refractivity contribution in [1.29, 1.82) is 0 Å². The van der Waals surface area contributed by atoms with E-state index in [-0.39, 0.29) is 28.5 Å². The Kier molecular flexibility index (Phi) is 8.27. The van der Waals surface area contributed by atoms with Crippen molar-refractivity contribution in [1.82, 2.24) is 19.2 Å². The van der Waals surface area contributed by atoms with Crippen LogP contribution in [0.15, 0.2) is 60.8 Å². The lowest BCUT2D eigenvalue weighted by Crippen LogP contribution is -2.50. The number of benzene rings is 2. The number of pyridine rings is 1. The minimum Gasteiger partial charge on any atom is -0.381 e. The fraction of sp³-hybridized carbons (Fsp3) is 0.412. The van der Waals surface area contributed by atoms with Gasteiger partial charge in [0.1, 0.15) is 5.65 Å². The molecule has 2 aromatic carbocycles. The molecule has 3 heterocycles. The number of carbonyl (C=O) groups excluding carboxylic acids is 1. The van der Waals surface area contributed by atoms with Gasteiger partial charge in [0.2, 0.25) is 5.91 Å². The molecule has 6 rings (SSSR count). The molecular formula is C34H39N5O4. The number of nitro groups is 1. The van der Waals surface area contributed by atoms with Crippen LogP contribution in [0.5, 0.6) is 0 Å². The summed E-state index contributed by atoms with van der Waals surface area (Å²) in [6, 6.07) is 17.3. The molecule has 2 fully saturated rings. The van der Waals surface area contributed by atoms with Crippen LogP contribution in [-0.4, -0.2) is 69.4 Å². The minimum absolute atomic E-state index is 0.0567. The van der Waals surface area contributed by atoms with Crippen LogP contribution in [0.2, 0.25) is 0 Å². The quantitative estimate of drug-likeness (QED) is 0.195. The Morgan fingerprint density at radius 2 is 1.74 bits per heavy atom. The molecule has 1 saturated heterocycles. The van der Waals surface area contributed by atoms with E-state index in [2.05, 4.69) is 53.6 Å². The van der Waals surface area contributed by atoms with E-state index < -0.39 is 0 Å². The van der Waals surface area contributed by atoms with Crippen LogP contribution in [0.1, 0.15) is 42.5 Å². The molecule has 0 spiro atoms. The predicted molar refractivity (Wildman–Crippen MR) is 167 cm³/mol. The number of nitrogens with zero attached hydrogens (tertiary/aromatic N) is 5. The monoisotopic (exact) mass is 581 g/mol. The average molecular weight is 582 g/mol. The number of non-ortho nitro benzene ring substituents is 1. The number of hydrogen-bond acceptors (Lipinski definition) is 6. The number of hydrogen-bond donors (Lipinski definition) is 0. The third kappa shape index (κ3) is 6.05. The van der Waals surface area contributed by atoms with Crippen molar-refractivity contribution in [3.8, 4) is 22.4 Å². The van der Waals surface area contributed by atoms with Gasteiger partial charge in [0.15, 0.2) is 0 Å². The molecule has 4 aromatic rings. The average Bonchev–Trinajstić information content (AvgIpc) is 3.39. The SMILES string of the molecule is COC1CCCC(C(=O)N2CCN(Cc3c(-c4ccc([N+](=O)[O-])cc4)nc4ccc(-c5cc(C)ccc5C)cn34)CC2)C1. The highest BCUT2D eigenvalue weighted by Gasteiger charge is 2.32. The summed E-state index contributed by atoms with van der Waals surface area (Å²) in [7, 11) is 1.74. The van der Waals surface area contributed by atoms with Crippen LogP contribution in [0.25, 0.3) is 28.0 Å². The molecule has 0 N–H and O–H groups in total. The van der Waals surface area contributed by atoms with Gasteiger partial charge in [-0.25, -0.2) is 4.98 Å². The Hall–Kier alpha value is -4.08. The largest absolute Gasteiger partial charge is 0.381 e. The molecular weight excluding hydrogens is 542 g/mol. The lowest BCUT2D eigenvalue weighted by Gasteiger charge is -2.38. The lowest BCUT2D eigenvalue weighted by atomic mass is 9.86. The lowest BCUT2D eigenvalue weighted by molar-refractivity contribution is -0.384. The maximum Gasteiger partial charge on any atom is 0.269 e. The number of aromatic nitrogens is 2. The Labute approximate surface area is 252 Å². The predicted octanol–water partition coefficient (Wildman–Crippen LogP) is 6.04. The zero-order valence-electron chi connectivity index (χ0n) is 25.2. The van der Waals surface area contributed by atoms with Gasteiger partial charge in [0.25, 0.3) is 5.69 Å². The van der Waals surface area contributed by atoms with Crippen molar-refractivity contribution in [2.45, 2.75) is 52.2 Å². The maximum atomic E-state index is 13.3. The summed E-state index contributed by atoms with van der Waals surface area (Å²) in [4.78, 5) is 33.7. The highest BCUT2D eigenvalue weighted by Crippen LogP contribution is 2.32. The van der Waals surface area contributed by atoms with Crippen molar-refractivity contribution >= 4 is 17.2 Å². The van der Waals surface area contributed by atoms with Gasteiger partial charge < -0.3 is 14.0 Å². The summed E-state index contributed by atoms with van der Waals surface area (Å²) in [5, 5.41) is 11.3. The maximum absolute atomic E-state index is 13.3. The van der Waals surface area contributed by atoms with E-state index >= 15 is 0 Å². The van der Waals surface area contributed by atoms with Crippen LogP contribution in [0, 0.1) is 29.9 Å². The van der Waals surface area contributed by atoms with Gasteiger partial charge in [0, 0.05) is 69.6 Å². The van der Waals surface area contributed by atoms with Crippen LogP contribution in [0.3, 0.4) is 0 Å². The van der Waals surface area contributed by atoms with E-state index in [1.807, 2.05) is 11.0 Å². The molecule has 2 unspecified atom stereocenters. The summed E-state index contributed by atoms with van der Waals surface area (Å²) in [6.45, 7) is 7.83. The number of carbonyl (C=O) groups is 1. The summed E-state index contributed by atoms with van der Waals surface area (Å²) >= 11 is 0. The summed E-state index contributed by atoms with van der Waals surface area (Å²) in [5.41, 5.74) is 8.29. The number of rotatable bonds is 7. The molecule has 0 radical (unpaired) electrons. The van der Waals surface area contributed by atoms with Crippen molar-refractivity contribution < 1.29 is 14.5 Å². The number of methoxy groups -OCH3 is 1. The van der Waals surface area contributed by atoms with Gasteiger partial charge in [-0.2, -0.15) is 0 Å². The minimum atomic E-state index is -0.381. The zero-order chi connectivity index (χ0) is 30.1. The first-order valence-corrected chi connectivity index (χ1v) is 15.2. The van der Waals surface area contributed by atoms with E-state index in [4.69, 9.17) is 9.72 Å². The van der Waals surface area contributed by atoms with E-state index in [1.165, 1.54) is 28.8 Å². The second-order valence-corrected chi connectivity index (χ2v) is 12.0. The second kappa shape index (κ2) is 12.3. The number of amides is 1. The molecule has 0 bridgehead atoms. The number of ether oxygens (including phenoxy) is 1. The van der Waals surface area contributed by atoms with Gasteiger partial charge in [-0.15, -0.1) is 0 Å². The smallest absolute Gasteiger partial charge is 0.269 e. The first kappa shape index (κ1) is 29.0. The van der Waals surface area contributed by atoms with E-state index in [1.54, 1.807) is 19.2 Å². The zero-order valence-corrected chi connectivity index (χ0v) is 25.2. The van der Waals surface area contributed by atoms with Gasteiger partial charge in [-0.05, 0) is 74.1 Å². The third-order valence-corrected chi connectivity index (χ3v) is 9.14.